The number of hydrogen-bond acceptors (Lipinski definition) is 5. The molecule has 0 radical (unpaired) electrons. The summed E-state index contributed by atoms with van der Waals surface area (Å²) in [6, 6.07) is 1.89. The lowest BCUT2D eigenvalue weighted by atomic mass is 10.3. The van der Waals surface area contributed by atoms with E-state index in [0.717, 1.165) is 11.3 Å². The third-order valence-corrected chi connectivity index (χ3v) is 2.39. The van der Waals surface area contributed by atoms with Crippen LogP contribution in [0.15, 0.2) is 5.38 Å². The number of esters is 1. The summed E-state index contributed by atoms with van der Waals surface area (Å²) in [6.45, 7) is 2.02. The second kappa shape index (κ2) is 3.92. The van der Waals surface area contributed by atoms with Crippen molar-refractivity contribution in [1.29, 1.82) is 5.26 Å². The van der Waals surface area contributed by atoms with Gasteiger partial charge in [-0.15, -0.1) is 11.3 Å². The molecule has 1 aromatic rings. The van der Waals surface area contributed by atoms with E-state index in [1.54, 1.807) is 12.3 Å². The molecule has 0 aliphatic rings. The van der Waals surface area contributed by atoms with Crippen LogP contribution in [0.1, 0.15) is 22.2 Å². The van der Waals surface area contributed by atoms with E-state index in [9.17, 15) is 4.79 Å². The molecule has 0 aliphatic heterocycles. The topological polar surface area (TPSA) is 76.1 Å². The maximum absolute atomic E-state index is 11.2. The van der Waals surface area contributed by atoms with Gasteiger partial charge in [0.05, 0.1) is 17.9 Å². The SMILES string of the molecule is CCOC(=O)c1scc(C#N)c1N. The van der Waals surface area contributed by atoms with E-state index in [-0.39, 0.29) is 5.69 Å². The number of carbonyl (C=O) groups excluding carboxylic acids is 1. The van der Waals surface area contributed by atoms with Crippen molar-refractivity contribution < 1.29 is 9.53 Å². The fourth-order valence-electron chi connectivity index (χ4n) is 0.808. The molecule has 0 spiro atoms. The van der Waals surface area contributed by atoms with Crippen molar-refractivity contribution in [3.63, 3.8) is 0 Å². The zero-order valence-electron chi connectivity index (χ0n) is 7.03. The van der Waals surface area contributed by atoms with Gasteiger partial charge in [-0.1, -0.05) is 0 Å². The van der Waals surface area contributed by atoms with E-state index < -0.39 is 5.97 Å². The molecular weight excluding hydrogens is 188 g/mol. The van der Waals surface area contributed by atoms with Crippen LogP contribution in [0, 0.1) is 11.3 Å². The highest BCUT2D eigenvalue weighted by Crippen LogP contribution is 2.25. The number of anilines is 1. The molecule has 0 saturated heterocycles. The van der Waals surface area contributed by atoms with Crippen LogP contribution < -0.4 is 5.73 Å². The summed E-state index contributed by atoms with van der Waals surface area (Å²) in [7, 11) is 0. The zero-order valence-corrected chi connectivity index (χ0v) is 7.85. The van der Waals surface area contributed by atoms with Crippen LogP contribution in [-0.2, 0) is 4.74 Å². The van der Waals surface area contributed by atoms with E-state index >= 15 is 0 Å². The van der Waals surface area contributed by atoms with Gasteiger partial charge in [0.25, 0.3) is 0 Å². The molecule has 0 unspecified atom stereocenters. The van der Waals surface area contributed by atoms with Gasteiger partial charge in [0.2, 0.25) is 0 Å². The smallest absolute Gasteiger partial charge is 0.350 e. The second-order valence-electron chi connectivity index (χ2n) is 2.22. The molecule has 0 aromatic carbocycles. The van der Waals surface area contributed by atoms with Crippen LogP contribution in [0.4, 0.5) is 5.69 Å². The molecule has 0 aliphatic carbocycles. The third kappa shape index (κ3) is 1.79. The van der Waals surface area contributed by atoms with Crippen molar-refractivity contribution in [2.24, 2.45) is 0 Å². The molecule has 0 amide bonds. The summed E-state index contributed by atoms with van der Waals surface area (Å²) in [6.07, 6.45) is 0. The maximum Gasteiger partial charge on any atom is 0.350 e. The lowest BCUT2D eigenvalue weighted by Gasteiger charge is -1.98. The summed E-state index contributed by atoms with van der Waals surface area (Å²) < 4.78 is 4.75. The van der Waals surface area contributed by atoms with Gasteiger partial charge in [-0.05, 0) is 6.92 Å². The van der Waals surface area contributed by atoms with Gasteiger partial charge in [-0.2, -0.15) is 5.26 Å². The Balaban J connectivity index is 2.97. The van der Waals surface area contributed by atoms with Crippen molar-refractivity contribution >= 4 is 23.0 Å². The van der Waals surface area contributed by atoms with Crippen LogP contribution in [0.5, 0.6) is 0 Å². The van der Waals surface area contributed by atoms with Gasteiger partial charge in [0.1, 0.15) is 10.9 Å². The number of nitrogen functional groups attached to an aromatic ring is 1. The molecule has 68 valence electrons. The molecule has 0 bridgehead atoms. The number of nitriles is 1. The normalized spacial score (nSPS) is 9.23. The summed E-state index contributed by atoms with van der Waals surface area (Å²) in [5.74, 6) is -0.466. The monoisotopic (exact) mass is 196 g/mol. The zero-order chi connectivity index (χ0) is 9.84. The van der Waals surface area contributed by atoms with Crippen molar-refractivity contribution in [2.45, 2.75) is 6.92 Å². The summed E-state index contributed by atoms with van der Waals surface area (Å²) in [4.78, 5) is 11.5. The maximum atomic E-state index is 11.2. The Morgan fingerprint density at radius 2 is 2.54 bits per heavy atom. The minimum atomic E-state index is -0.466. The summed E-state index contributed by atoms with van der Waals surface area (Å²) in [5, 5.41) is 10.1. The fraction of sp³-hybridized carbons (Fsp3) is 0.250. The van der Waals surface area contributed by atoms with Crippen LogP contribution in [0.3, 0.4) is 0 Å². The van der Waals surface area contributed by atoms with Crippen molar-refractivity contribution in [3.8, 4) is 6.07 Å². The highest BCUT2D eigenvalue weighted by atomic mass is 32.1. The molecule has 1 rings (SSSR count). The average Bonchev–Trinajstić information content (AvgIpc) is 2.47. The molecule has 5 heteroatoms. The molecule has 4 nitrogen and oxygen atoms in total. The number of thiophene rings is 1. The lowest BCUT2D eigenvalue weighted by Crippen LogP contribution is -2.05. The Hall–Kier alpha value is -1.54. The van der Waals surface area contributed by atoms with Gasteiger partial charge < -0.3 is 10.5 Å². The van der Waals surface area contributed by atoms with Crippen molar-refractivity contribution in [3.05, 3.63) is 15.8 Å². The number of nitrogens with two attached hydrogens (primary N) is 1. The molecule has 2 N–H and O–H groups in total. The first-order valence-electron chi connectivity index (χ1n) is 3.64. The standard InChI is InChI=1S/C8H8N2O2S/c1-2-12-8(11)7-6(10)5(3-9)4-13-7/h4H,2,10H2,1H3. The number of ether oxygens (including phenoxy) is 1. The van der Waals surface area contributed by atoms with Gasteiger partial charge >= 0.3 is 5.97 Å². The highest BCUT2D eigenvalue weighted by Gasteiger charge is 2.15. The van der Waals surface area contributed by atoms with E-state index in [0.29, 0.717) is 17.0 Å². The number of rotatable bonds is 2. The molecule has 0 atom stereocenters. The third-order valence-electron chi connectivity index (χ3n) is 1.41. The van der Waals surface area contributed by atoms with Gasteiger partial charge in [-0.25, -0.2) is 4.79 Å². The van der Waals surface area contributed by atoms with Gasteiger partial charge in [-0.3, -0.25) is 0 Å². The molecule has 1 aromatic heterocycles. The van der Waals surface area contributed by atoms with E-state index in [2.05, 4.69) is 0 Å². The number of carbonyl (C=O) groups is 1. The lowest BCUT2D eigenvalue weighted by molar-refractivity contribution is 0.0533. The first-order chi connectivity index (χ1) is 6.20. The predicted molar refractivity (Wildman–Crippen MR) is 49.4 cm³/mol. The molecule has 0 saturated carbocycles. The van der Waals surface area contributed by atoms with Crippen LogP contribution in [0.25, 0.3) is 0 Å². The molecule has 1 heterocycles. The van der Waals surface area contributed by atoms with Crippen LogP contribution in [0.2, 0.25) is 0 Å². The molecule has 13 heavy (non-hydrogen) atoms. The number of hydrogen-bond donors (Lipinski definition) is 1. The molecule has 0 fully saturated rings. The quantitative estimate of drug-likeness (QED) is 0.725. The summed E-state index contributed by atoms with van der Waals surface area (Å²) in [5.41, 5.74) is 6.07. The van der Waals surface area contributed by atoms with Crippen LogP contribution >= 0.6 is 11.3 Å². The first kappa shape index (κ1) is 9.55. The summed E-state index contributed by atoms with van der Waals surface area (Å²) >= 11 is 1.13. The van der Waals surface area contributed by atoms with Crippen LogP contribution in [-0.4, -0.2) is 12.6 Å². The Bertz CT molecular complexity index is 365. The average molecular weight is 196 g/mol. The number of nitrogens with zero attached hydrogens (tertiary/aromatic N) is 1. The van der Waals surface area contributed by atoms with Gasteiger partial charge in [0.15, 0.2) is 0 Å². The van der Waals surface area contributed by atoms with Crippen molar-refractivity contribution in [1.82, 2.24) is 0 Å². The minimum Gasteiger partial charge on any atom is -0.462 e. The Kier molecular flexibility index (Phi) is 2.88. The van der Waals surface area contributed by atoms with Gasteiger partial charge in [0, 0.05) is 5.38 Å². The second-order valence-corrected chi connectivity index (χ2v) is 3.10. The Morgan fingerprint density at radius 1 is 1.85 bits per heavy atom. The fourth-order valence-corrected chi connectivity index (χ4v) is 1.62. The minimum absolute atomic E-state index is 0.214. The first-order valence-corrected chi connectivity index (χ1v) is 4.52. The Morgan fingerprint density at radius 3 is 3.00 bits per heavy atom. The van der Waals surface area contributed by atoms with E-state index in [4.69, 9.17) is 15.7 Å². The van der Waals surface area contributed by atoms with E-state index in [1.807, 2.05) is 6.07 Å². The molecular formula is C8H8N2O2S. The predicted octanol–water partition coefficient (Wildman–Crippen LogP) is 1.38. The highest BCUT2D eigenvalue weighted by molar-refractivity contribution is 7.12. The van der Waals surface area contributed by atoms with Crippen molar-refractivity contribution in [2.75, 3.05) is 12.3 Å². The Labute approximate surface area is 79.5 Å². The largest absolute Gasteiger partial charge is 0.462 e. The van der Waals surface area contributed by atoms with E-state index in [1.165, 1.54) is 0 Å².